The molecular formula is C18H22N4O2S. The summed E-state index contributed by atoms with van der Waals surface area (Å²) in [5.74, 6) is 0.722. The Labute approximate surface area is 151 Å². The number of hydrogen-bond acceptors (Lipinski definition) is 6. The highest BCUT2D eigenvalue weighted by Gasteiger charge is 2.21. The Balaban J connectivity index is 1.71. The van der Waals surface area contributed by atoms with Crippen LogP contribution < -0.4 is 5.32 Å². The van der Waals surface area contributed by atoms with Crippen LogP contribution in [0.5, 0.6) is 0 Å². The first kappa shape index (κ1) is 17.8. The van der Waals surface area contributed by atoms with Crippen molar-refractivity contribution >= 4 is 17.7 Å². The van der Waals surface area contributed by atoms with Gasteiger partial charge in [-0.25, -0.2) is 0 Å². The highest BCUT2D eigenvalue weighted by molar-refractivity contribution is 7.99. The average Bonchev–Trinajstić information content (AvgIpc) is 2.99. The first-order chi connectivity index (χ1) is 12.1. The molecular weight excluding hydrogens is 336 g/mol. The largest absolute Gasteiger partial charge is 0.394 e. The number of amides is 1. The van der Waals surface area contributed by atoms with Crippen molar-refractivity contribution in [3.8, 4) is 0 Å². The maximum Gasteiger partial charge on any atom is 0.253 e. The second kappa shape index (κ2) is 7.95. The van der Waals surface area contributed by atoms with Crippen LogP contribution in [0.3, 0.4) is 0 Å². The minimum Gasteiger partial charge on any atom is -0.394 e. The van der Waals surface area contributed by atoms with Gasteiger partial charge in [-0.1, -0.05) is 6.92 Å². The third-order valence-corrected chi connectivity index (χ3v) is 4.96. The van der Waals surface area contributed by atoms with Gasteiger partial charge >= 0.3 is 0 Å². The van der Waals surface area contributed by atoms with E-state index in [1.807, 2.05) is 25.2 Å². The summed E-state index contributed by atoms with van der Waals surface area (Å²) in [5, 5.41) is 12.5. The lowest BCUT2D eigenvalue weighted by Gasteiger charge is -2.16. The molecule has 1 amide bonds. The molecule has 0 radical (unpaired) electrons. The number of nitrogens with one attached hydrogen (secondary N) is 1. The molecule has 3 heterocycles. The number of pyridine rings is 2. The fourth-order valence-electron chi connectivity index (χ4n) is 2.85. The van der Waals surface area contributed by atoms with E-state index < -0.39 is 6.04 Å². The van der Waals surface area contributed by atoms with Gasteiger partial charge in [-0.05, 0) is 36.6 Å². The lowest BCUT2D eigenvalue weighted by molar-refractivity contribution is 0.0914. The Morgan fingerprint density at radius 2 is 2.20 bits per heavy atom. The van der Waals surface area contributed by atoms with E-state index in [-0.39, 0.29) is 12.5 Å². The normalized spacial score (nSPS) is 15.0. The topological polar surface area (TPSA) is 78.3 Å². The fraction of sp³-hybridized carbons (Fsp3) is 0.389. The summed E-state index contributed by atoms with van der Waals surface area (Å²) in [5.41, 5.74) is 3.24. The Bertz CT molecular complexity index is 751. The minimum atomic E-state index is -0.538. The van der Waals surface area contributed by atoms with Crippen LogP contribution in [-0.4, -0.2) is 45.3 Å². The monoisotopic (exact) mass is 358 g/mol. The third kappa shape index (κ3) is 4.18. The van der Waals surface area contributed by atoms with Gasteiger partial charge in [-0.15, -0.1) is 11.8 Å². The molecule has 1 unspecified atom stereocenters. The molecule has 132 valence electrons. The summed E-state index contributed by atoms with van der Waals surface area (Å²) in [6.45, 7) is 3.48. The quantitative estimate of drug-likeness (QED) is 0.769. The van der Waals surface area contributed by atoms with Crippen molar-refractivity contribution in [1.29, 1.82) is 0 Å². The van der Waals surface area contributed by atoms with Crippen LogP contribution in [-0.2, 0) is 13.1 Å². The van der Waals surface area contributed by atoms with E-state index in [9.17, 15) is 9.90 Å². The van der Waals surface area contributed by atoms with Crippen molar-refractivity contribution in [2.45, 2.75) is 31.0 Å². The van der Waals surface area contributed by atoms with E-state index in [1.54, 1.807) is 24.2 Å². The van der Waals surface area contributed by atoms with E-state index >= 15 is 0 Å². The second-order valence-corrected chi connectivity index (χ2v) is 7.40. The zero-order chi connectivity index (χ0) is 17.8. The number of thioether (sulfide) groups is 1. The van der Waals surface area contributed by atoms with Crippen molar-refractivity contribution in [2.75, 3.05) is 19.4 Å². The number of carbonyl (C=O) groups excluding carboxylic acids is 1. The summed E-state index contributed by atoms with van der Waals surface area (Å²) >= 11 is 1.70. The maximum absolute atomic E-state index is 12.5. The van der Waals surface area contributed by atoms with Crippen LogP contribution in [0, 0.1) is 0 Å². The lowest BCUT2D eigenvalue weighted by Crippen LogP contribution is -2.31. The summed E-state index contributed by atoms with van der Waals surface area (Å²) in [6.07, 6.45) is 3.36. The summed E-state index contributed by atoms with van der Waals surface area (Å²) in [4.78, 5) is 24.5. The Morgan fingerprint density at radius 3 is 2.88 bits per heavy atom. The van der Waals surface area contributed by atoms with Gasteiger partial charge < -0.3 is 10.4 Å². The molecule has 25 heavy (non-hydrogen) atoms. The SMILES string of the molecule is CCSc1ccc(C(CO)NC(=O)c2cnc3c(c2)CN(C)C3)nc1. The molecule has 0 saturated heterocycles. The van der Waals surface area contributed by atoms with Crippen molar-refractivity contribution in [2.24, 2.45) is 0 Å². The molecule has 0 bridgehead atoms. The number of fused-ring (bicyclic) bond motifs is 1. The number of hydrogen-bond donors (Lipinski definition) is 2. The molecule has 2 aromatic rings. The predicted octanol–water partition coefficient (Wildman–Crippen LogP) is 2.00. The summed E-state index contributed by atoms with van der Waals surface area (Å²) in [6, 6.07) is 5.14. The molecule has 1 aliphatic heterocycles. The van der Waals surface area contributed by atoms with Crippen LogP contribution in [0.4, 0.5) is 0 Å². The van der Waals surface area contributed by atoms with Crippen molar-refractivity contribution in [3.05, 3.63) is 53.1 Å². The highest BCUT2D eigenvalue weighted by atomic mass is 32.2. The molecule has 0 spiro atoms. The van der Waals surface area contributed by atoms with Gasteiger partial charge in [0.15, 0.2) is 0 Å². The number of aliphatic hydroxyl groups excluding tert-OH is 1. The van der Waals surface area contributed by atoms with Gasteiger partial charge in [-0.3, -0.25) is 19.7 Å². The molecule has 6 nitrogen and oxygen atoms in total. The van der Waals surface area contributed by atoms with Crippen LogP contribution in [0.15, 0.2) is 35.5 Å². The van der Waals surface area contributed by atoms with Crippen LogP contribution in [0.1, 0.15) is 40.3 Å². The number of nitrogens with zero attached hydrogens (tertiary/aromatic N) is 3. The van der Waals surface area contributed by atoms with Crippen LogP contribution in [0.2, 0.25) is 0 Å². The van der Waals surface area contributed by atoms with E-state index in [1.165, 1.54) is 0 Å². The number of carbonyl (C=O) groups is 1. The zero-order valence-electron chi connectivity index (χ0n) is 14.4. The molecule has 2 N–H and O–H groups in total. The van der Waals surface area contributed by atoms with Crippen molar-refractivity contribution < 1.29 is 9.90 Å². The Kier molecular flexibility index (Phi) is 5.67. The molecule has 7 heteroatoms. The molecule has 1 atom stereocenters. The second-order valence-electron chi connectivity index (χ2n) is 6.06. The van der Waals surface area contributed by atoms with Gasteiger partial charge in [0.25, 0.3) is 5.91 Å². The van der Waals surface area contributed by atoms with Gasteiger partial charge in [0.2, 0.25) is 0 Å². The zero-order valence-corrected chi connectivity index (χ0v) is 15.2. The number of rotatable bonds is 6. The van der Waals surface area contributed by atoms with Gasteiger partial charge in [0.1, 0.15) is 0 Å². The number of aliphatic hydroxyl groups is 1. The fourth-order valence-corrected chi connectivity index (χ4v) is 3.47. The van der Waals surface area contributed by atoms with Crippen LogP contribution in [0.25, 0.3) is 0 Å². The average molecular weight is 358 g/mol. The lowest BCUT2D eigenvalue weighted by atomic mass is 10.1. The molecule has 0 saturated carbocycles. The third-order valence-electron chi connectivity index (χ3n) is 4.10. The Morgan fingerprint density at radius 1 is 1.36 bits per heavy atom. The summed E-state index contributed by atoms with van der Waals surface area (Å²) < 4.78 is 0. The smallest absolute Gasteiger partial charge is 0.253 e. The standard InChI is InChI=1S/C18H22N4O2S/c1-3-25-14-4-5-15(20-8-14)17(11-23)21-18(24)12-6-13-9-22(2)10-16(13)19-7-12/h4-8,17,23H,3,9-11H2,1-2H3,(H,21,24). The predicted molar refractivity (Wildman–Crippen MR) is 97.3 cm³/mol. The van der Waals surface area contributed by atoms with Crippen molar-refractivity contribution in [3.63, 3.8) is 0 Å². The molecule has 0 fully saturated rings. The first-order valence-electron chi connectivity index (χ1n) is 8.27. The van der Waals surface area contributed by atoms with Gasteiger partial charge in [0, 0.05) is 30.4 Å². The van der Waals surface area contributed by atoms with E-state index in [0.29, 0.717) is 11.3 Å². The molecule has 1 aliphatic rings. The molecule has 0 aromatic carbocycles. The minimum absolute atomic E-state index is 0.208. The van der Waals surface area contributed by atoms with Crippen LogP contribution >= 0.6 is 11.8 Å². The Hall–Kier alpha value is -1.96. The van der Waals surface area contributed by atoms with E-state index in [0.717, 1.165) is 35.0 Å². The van der Waals surface area contributed by atoms with Gasteiger partial charge in [-0.2, -0.15) is 0 Å². The summed E-state index contributed by atoms with van der Waals surface area (Å²) in [7, 11) is 2.02. The molecule has 0 aliphatic carbocycles. The number of aromatic nitrogens is 2. The van der Waals surface area contributed by atoms with E-state index in [2.05, 4.69) is 27.1 Å². The maximum atomic E-state index is 12.5. The van der Waals surface area contributed by atoms with E-state index in [4.69, 9.17) is 0 Å². The molecule has 3 rings (SSSR count). The molecule has 2 aromatic heterocycles. The van der Waals surface area contributed by atoms with Crippen molar-refractivity contribution in [1.82, 2.24) is 20.2 Å². The first-order valence-corrected chi connectivity index (χ1v) is 9.26. The van der Waals surface area contributed by atoms with Gasteiger partial charge in [0.05, 0.1) is 29.6 Å². The highest BCUT2D eigenvalue weighted by Crippen LogP contribution is 2.21.